The summed E-state index contributed by atoms with van der Waals surface area (Å²) in [5.74, 6) is -2.29. The summed E-state index contributed by atoms with van der Waals surface area (Å²) in [6, 6.07) is 0. The van der Waals surface area contributed by atoms with Gasteiger partial charge >= 0.3 is 6.08 Å². The molecule has 0 aromatic carbocycles. The number of oxime groups is 1. The van der Waals surface area contributed by atoms with Crippen molar-refractivity contribution in [3.8, 4) is 0 Å². The molecule has 0 amide bonds. The molecule has 1 saturated carbocycles. The van der Waals surface area contributed by atoms with Crippen LogP contribution in [0.2, 0.25) is 0 Å². The van der Waals surface area contributed by atoms with E-state index in [1.807, 2.05) is 0 Å². The van der Waals surface area contributed by atoms with Crippen molar-refractivity contribution >= 4 is 27.4 Å². The first-order valence-electron chi connectivity index (χ1n) is 6.34. The molecule has 0 unspecified atom stereocenters. The molecule has 10 heteroatoms. The third-order valence-electron chi connectivity index (χ3n) is 2.96. The number of thiazole rings is 1. The minimum absolute atomic E-state index is 0.179. The summed E-state index contributed by atoms with van der Waals surface area (Å²) >= 11 is 0.880. The van der Waals surface area contributed by atoms with Gasteiger partial charge in [-0.15, -0.1) is 11.3 Å². The van der Waals surface area contributed by atoms with E-state index < -0.39 is 33.9 Å². The molecule has 122 valence electrons. The Morgan fingerprint density at radius 2 is 2.14 bits per heavy atom. The maximum atomic E-state index is 12.8. The zero-order valence-electron chi connectivity index (χ0n) is 11.6. The number of hydrogen-bond acceptors (Lipinski definition) is 6. The fourth-order valence-corrected chi connectivity index (χ4v) is 4.34. The number of sulfone groups is 1. The second-order valence-electron chi connectivity index (χ2n) is 4.65. The van der Waals surface area contributed by atoms with E-state index in [2.05, 4.69) is 15.0 Å². The van der Waals surface area contributed by atoms with E-state index in [1.54, 1.807) is 0 Å². The van der Waals surface area contributed by atoms with Gasteiger partial charge in [0.2, 0.25) is 14.2 Å². The molecule has 1 aromatic heterocycles. The van der Waals surface area contributed by atoms with E-state index in [-0.39, 0.29) is 10.3 Å². The molecule has 5 nitrogen and oxygen atoms in total. The van der Waals surface area contributed by atoms with Gasteiger partial charge in [-0.2, -0.15) is 8.78 Å². The van der Waals surface area contributed by atoms with Crippen molar-refractivity contribution in [2.75, 3.05) is 12.9 Å². The van der Waals surface area contributed by atoms with Crippen LogP contribution in [0, 0.1) is 0 Å². The molecule has 0 bridgehead atoms. The Morgan fingerprint density at radius 1 is 1.45 bits per heavy atom. The minimum atomic E-state index is -3.92. The van der Waals surface area contributed by atoms with Crippen molar-refractivity contribution in [1.29, 1.82) is 0 Å². The molecule has 1 aliphatic carbocycles. The predicted octanol–water partition coefficient (Wildman–Crippen LogP) is 3.24. The van der Waals surface area contributed by atoms with Crippen LogP contribution in [-0.2, 0) is 14.7 Å². The Hall–Kier alpha value is -1.42. The van der Waals surface area contributed by atoms with Crippen molar-refractivity contribution < 1.29 is 26.4 Å². The van der Waals surface area contributed by atoms with Crippen molar-refractivity contribution in [2.24, 2.45) is 5.16 Å². The Morgan fingerprint density at radius 3 is 2.68 bits per heavy atom. The van der Waals surface area contributed by atoms with Crippen LogP contribution in [-0.4, -0.2) is 32.5 Å². The highest BCUT2D eigenvalue weighted by Gasteiger charge is 2.32. The highest BCUT2D eigenvalue weighted by atomic mass is 32.2. The van der Waals surface area contributed by atoms with Gasteiger partial charge in [0.25, 0.3) is 0 Å². The topological polar surface area (TPSA) is 68.6 Å². The monoisotopic (exact) mass is 354 g/mol. The van der Waals surface area contributed by atoms with Gasteiger partial charge in [0, 0.05) is 12.3 Å². The zero-order valence-corrected chi connectivity index (χ0v) is 13.2. The zero-order chi connectivity index (χ0) is 16.3. The lowest BCUT2D eigenvalue weighted by Crippen LogP contribution is -2.07. The summed E-state index contributed by atoms with van der Waals surface area (Å²) in [6.45, 7) is 0. The first-order chi connectivity index (χ1) is 10.3. The third-order valence-corrected chi connectivity index (χ3v) is 6.14. The van der Waals surface area contributed by atoms with E-state index in [4.69, 9.17) is 0 Å². The number of rotatable bonds is 7. The molecule has 0 radical (unpaired) electrons. The maximum Gasteiger partial charge on any atom is 0.301 e. The van der Waals surface area contributed by atoms with Crippen LogP contribution in [0.4, 0.5) is 13.2 Å². The van der Waals surface area contributed by atoms with Gasteiger partial charge in [-0.05, 0) is 12.8 Å². The van der Waals surface area contributed by atoms with E-state index in [0.717, 1.165) is 24.2 Å². The lowest BCUT2D eigenvalue weighted by atomic mass is 10.3. The molecule has 1 aliphatic rings. The molecular formula is C12H13F3N2O3S2. The number of allylic oxidation sites excluding steroid dienone is 1. The second kappa shape index (κ2) is 6.78. The first kappa shape index (κ1) is 16.9. The Kier molecular flexibility index (Phi) is 5.22. The summed E-state index contributed by atoms with van der Waals surface area (Å²) in [5, 5.41) is 3.59. The number of hydrogen-bond donors (Lipinski definition) is 0. The average Bonchev–Trinajstić information content (AvgIpc) is 3.22. The summed E-state index contributed by atoms with van der Waals surface area (Å²) in [5.41, 5.74) is 0.608. The number of aromatic nitrogens is 1. The summed E-state index contributed by atoms with van der Waals surface area (Å²) in [6.07, 6.45) is -0.194. The Bertz CT molecular complexity index is 705. The van der Waals surface area contributed by atoms with E-state index >= 15 is 0 Å². The fourth-order valence-electron chi connectivity index (χ4n) is 1.70. The van der Waals surface area contributed by atoms with Crippen molar-refractivity contribution in [3.05, 3.63) is 22.5 Å². The summed E-state index contributed by atoms with van der Waals surface area (Å²) in [7, 11) is -2.57. The van der Waals surface area contributed by atoms with Crippen LogP contribution in [0.15, 0.2) is 21.4 Å². The van der Waals surface area contributed by atoms with Gasteiger partial charge in [-0.1, -0.05) is 5.16 Å². The van der Waals surface area contributed by atoms with E-state index in [9.17, 15) is 21.6 Å². The van der Waals surface area contributed by atoms with Gasteiger partial charge in [-0.25, -0.2) is 17.8 Å². The molecule has 1 aromatic rings. The molecule has 0 N–H and O–H groups in total. The van der Waals surface area contributed by atoms with Crippen LogP contribution in [0.3, 0.4) is 0 Å². The number of nitrogens with zero attached hydrogens (tertiary/aromatic N) is 2. The quantitative estimate of drug-likeness (QED) is 0.557. The SMILES string of the molecule is CON=Cc1sc(S(=O)(=O)CCC(F)=C(F)F)nc1C1CC1. The lowest BCUT2D eigenvalue weighted by Gasteiger charge is -1.98. The molecule has 0 aliphatic heterocycles. The van der Waals surface area contributed by atoms with Gasteiger partial charge < -0.3 is 4.84 Å². The Labute approximate surface area is 129 Å². The van der Waals surface area contributed by atoms with Crippen LogP contribution >= 0.6 is 11.3 Å². The van der Waals surface area contributed by atoms with Crippen molar-refractivity contribution in [3.63, 3.8) is 0 Å². The van der Waals surface area contributed by atoms with Crippen molar-refractivity contribution in [1.82, 2.24) is 4.98 Å². The van der Waals surface area contributed by atoms with Gasteiger partial charge in [0.15, 0.2) is 5.83 Å². The minimum Gasteiger partial charge on any atom is -0.399 e. The fraction of sp³-hybridized carbons (Fsp3) is 0.500. The largest absolute Gasteiger partial charge is 0.399 e. The molecular weight excluding hydrogens is 341 g/mol. The lowest BCUT2D eigenvalue weighted by molar-refractivity contribution is 0.215. The van der Waals surface area contributed by atoms with Gasteiger partial charge in [0.05, 0.1) is 22.5 Å². The molecule has 0 saturated heterocycles. The molecule has 1 heterocycles. The standard InChI is InChI=1S/C12H13F3N2O3S2/c1-20-16-6-9-10(7-2-3-7)17-12(21-9)22(18,19)5-4-8(13)11(14)15/h6-7H,2-5H2,1H3. The smallest absolute Gasteiger partial charge is 0.301 e. The van der Waals surface area contributed by atoms with Crippen LogP contribution in [0.25, 0.3) is 0 Å². The predicted molar refractivity (Wildman–Crippen MR) is 75.7 cm³/mol. The maximum absolute atomic E-state index is 12.8. The molecule has 1 fully saturated rings. The highest BCUT2D eigenvalue weighted by molar-refractivity contribution is 7.93. The van der Waals surface area contributed by atoms with Crippen LogP contribution < -0.4 is 0 Å². The average molecular weight is 354 g/mol. The van der Waals surface area contributed by atoms with E-state index in [0.29, 0.717) is 10.6 Å². The molecule has 2 rings (SSSR count). The van der Waals surface area contributed by atoms with Crippen LogP contribution in [0.1, 0.15) is 35.8 Å². The van der Waals surface area contributed by atoms with Gasteiger partial charge in [-0.3, -0.25) is 0 Å². The molecule has 22 heavy (non-hydrogen) atoms. The normalized spacial score (nSPS) is 15.3. The van der Waals surface area contributed by atoms with Crippen molar-refractivity contribution in [2.45, 2.75) is 29.5 Å². The second-order valence-corrected chi connectivity index (χ2v) is 7.97. The number of halogens is 3. The summed E-state index contributed by atoms with van der Waals surface area (Å²) in [4.78, 5) is 9.19. The molecule has 0 spiro atoms. The van der Waals surface area contributed by atoms with Gasteiger partial charge in [0.1, 0.15) is 7.11 Å². The van der Waals surface area contributed by atoms with E-state index in [1.165, 1.54) is 13.3 Å². The Balaban J connectivity index is 2.23. The highest BCUT2D eigenvalue weighted by Crippen LogP contribution is 2.43. The molecule has 0 atom stereocenters. The third kappa shape index (κ3) is 4.07. The first-order valence-corrected chi connectivity index (χ1v) is 8.81. The van der Waals surface area contributed by atoms with Crippen LogP contribution in [0.5, 0.6) is 0 Å². The summed E-state index contributed by atoms with van der Waals surface area (Å²) < 4.78 is 60.7.